The van der Waals surface area contributed by atoms with Gasteiger partial charge in [0, 0.05) is 37.9 Å². The molecule has 3 N–H and O–H groups in total. The zero-order valence-electron chi connectivity index (χ0n) is 17.2. The van der Waals surface area contributed by atoms with E-state index in [1.807, 2.05) is 10.5 Å². The molecule has 4 heterocycles. The first-order valence-electron chi connectivity index (χ1n) is 9.75. The Morgan fingerprint density at radius 2 is 2.15 bits per heavy atom. The van der Waals surface area contributed by atoms with Gasteiger partial charge >= 0.3 is 6.18 Å². The molecular weight excluding hydrogens is 482 g/mol. The number of thiophene rings is 1. The highest BCUT2D eigenvalue weighted by Gasteiger charge is 2.37. The molecule has 14 heteroatoms. The molecule has 1 fully saturated rings. The Bertz CT molecular complexity index is 1150. The number of primary amides is 1. The third kappa shape index (κ3) is 5.45. The quantitative estimate of drug-likeness (QED) is 0.393. The van der Waals surface area contributed by atoms with Gasteiger partial charge in [0.05, 0.1) is 33.3 Å². The summed E-state index contributed by atoms with van der Waals surface area (Å²) >= 11 is 2.31. The number of anilines is 1. The van der Waals surface area contributed by atoms with E-state index in [-0.39, 0.29) is 22.9 Å². The third-order valence-corrected chi connectivity index (χ3v) is 6.89. The zero-order chi connectivity index (χ0) is 23.8. The number of piperidine rings is 1. The second kappa shape index (κ2) is 9.27. The van der Waals surface area contributed by atoms with Crippen LogP contribution in [0.25, 0.3) is 10.6 Å². The Balaban J connectivity index is 1.50. The number of halogens is 4. The number of hydrogen-bond donors (Lipinski definition) is 2. The van der Waals surface area contributed by atoms with Crippen LogP contribution in [0.3, 0.4) is 0 Å². The molecule has 8 nitrogen and oxygen atoms in total. The Labute approximate surface area is 194 Å². The lowest BCUT2D eigenvalue weighted by Crippen LogP contribution is -2.45. The summed E-state index contributed by atoms with van der Waals surface area (Å²) in [5, 5.41) is 8.28. The number of alkyl halides is 4. The summed E-state index contributed by atoms with van der Waals surface area (Å²) in [6, 6.07) is 0.588. The van der Waals surface area contributed by atoms with Crippen molar-refractivity contribution in [3.63, 3.8) is 0 Å². The number of nitrogens with two attached hydrogens (primary N) is 1. The Morgan fingerprint density at radius 1 is 1.36 bits per heavy atom. The maximum absolute atomic E-state index is 14.9. The maximum Gasteiger partial charge on any atom is 0.420 e. The van der Waals surface area contributed by atoms with Crippen LogP contribution in [0.5, 0.6) is 0 Å². The molecule has 0 aromatic carbocycles. The molecule has 4 rings (SSSR count). The van der Waals surface area contributed by atoms with E-state index in [0.717, 1.165) is 16.2 Å². The lowest BCUT2D eigenvalue weighted by Gasteiger charge is -2.33. The highest BCUT2D eigenvalue weighted by molar-refractivity contribution is 7.97. The Morgan fingerprint density at radius 3 is 2.76 bits per heavy atom. The smallest absolute Gasteiger partial charge is 0.366 e. The summed E-state index contributed by atoms with van der Waals surface area (Å²) < 4.78 is 58.9. The van der Waals surface area contributed by atoms with Gasteiger partial charge in [-0.1, -0.05) is 0 Å². The number of hydrogen-bond acceptors (Lipinski definition) is 8. The minimum atomic E-state index is -4.71. The predicted octanol–water partition coefficient (Wildman–Crippen LogP) is 3.59. The summed E-state index contributed by atoms with van der Waals surface area (Å²) in [5.74, 6) is -0.873. The van der Waals surface area contributed by atoms with E-state index in [1.54, 1.807) is 17.9 Å². The molecule has 0 bridgehead atoms. The minimum absolute atomic E-state index is 0.0820. The van der Waals surface area contributed by atoms with E-state index in [9.17, 15) is 22.4 Å². The number of amides is 1. The lowest BCUT2D eigenvalue weighted by atomic mass is 10.1. The second-order valence-corrected chi connectivity index (χ2v) is 9.48. The first-order valence-corrected chi connectivity index (χ1v) is 11.4. The topological polar surface area (TPSA) is 102 Å². The number of nitrogens with zero attached hydrogens (tertiary/aromatic N) is 5. The molecule has 1 aliphatic heterocycles. The van der Waals surface area contributed by atoms with Crippen LogP contribution in [0.2, 0.25) is 0 Å². The molecule has 176 valence electrons. The van der Waals surface area contributed by atoms with Crippen molar-refractivity contribution in [2.75, 3.05) is 18.4 Å². The lowest BCUT2D eigenvalue weighted by molar-refractivity contribution is -0.137. The van der Waals surface area contributed by atoms with Crippen molar-refractivity contribution in [2.24, 2.45) is 12.8 Å². The zero-order valence-corrected chi connectivity index (χ0v) is 18.8. The summed E-state index contributed by atoms with van der Waals surface area (Å²) in [6.45, 7) is 0.676. The fourth-order valence-electron chi connectivity index (χ4n) is 3.32. The van der Waals surface area contributed by atoms with E-state index in [2.05, 4.69) is 20.4 Å². The molecule has 0 spiro atoms. The van der Waals surface area contributed by atoms with Crippen LogP contribution in [0.1, 0.15) is 22.3 Å². The fourth-order valence-corrected chi connectivity index (χ4v) is 5.23. The fraction of sp³-hybridized carbons (Fsp3) is 0.368. The number of carbonyl (C=O) groups is 1. The molecule has 1 aliphatic rings. The van der Waals surface area contributed by atoms with E-state index in [4.69, 9.17) is 5.73 Å². The predicted molar refractivity (Wildman–Crippen MR) is 116 cm³/mol. The van der Waals surface area contributed by atoms with Crippen LogP contribution in [-0.2, 0) is 13.2 Å². The summed E-state index contributed by atoms with van der Waals surface area (Å²) in [6.07, 6.45) is -1.42. The molecule has 0 radical (unpaired) electrons. The van der Waals surface area contributed by atoms with E-state index < -0.39 is 35.6 Å². The number of nitrogens with one attached hydrogen (secondary N) is 1. The average molecular weight is 502 g/mol. The molecule has 3 aromatic rings. The van der Waals surface area contributed by atoms with E-state index in [0.29, 0.717) is 19.2 Å². The molecule has 1 amide bonds. The van der Waals surface area contributed by atoms with Crippen LogP contribution in [-0.4, -0.2) is 55.3 Å². The van der Waals surface area contributed by atoms with Gasteiger partial charge in [0.25, 0.3) is 0 Å². The average Bonchev–Trinajstić information content (AvgIpc) is 3.38. The molecule has 2 unspecified atom stereocenters. The first-order chi connectivity index (χ1) is 15.6. The monoisotopic (exact) mass is 501 g/mol. The van der Waals surface area contributed by atoms with Crippen LogP contribution in [0, 0.1) is 0 Å². The maximum atomic E-state index is 14.9. The second-order valence-electron chi connectivity index (χ2n) is 7.40. The van der Waals surface area contributed by atoms with Crippen LogP contribution < -0.4 is 11.1 Å². The number of aromatic nitrogens is 4. The van der Waals surface area contributed by atoms with Crippen LogP contribution >= 0.6 is 23.3 Å². The number of carbonyl (C=O) groups excluding carboxylic acids is 1. The molecular formula is C19H19F4N7OS2. The van der Waals surface area contributed by atoms with Crippen molar-refractivity contribution in [2.45, 2.75) is 29.7 Å². The first kappa shape index (κ1) is 23.4. The standard InChI is InChI=1S/C19H19F4N7OS2/c1-29-7-11(5-26-29)33-30-3-2-14(13(20)8-30)27-18-25-6-12(19(21,22)23)16(28-18)15-4-10(9-32-15)17(24)31/h4-7,9,13-14H,2-3,8H2,1H3,(H2,24,31)(H,25,27,28). The number of rotatable bonds is 6. The van der Waals surface area contributed by atoms with Gasteiger partial charge < -0.3 is 11.1 Å². The highest BCUT2D eigenvalue weighted by Crippen LogP contribution is 2.38. The Hall–Kier alpha value is -2.71. The van der Waals surface area contributed by atoms with Gasteiger partial charge in [-0.05, 0) is 24.4 Å². The van der Waals surface area contributed by atoms with Crippen molar-refractivity contribution in [1.82, 2.24) is 24.1 Å². The Kier molecular flexibility index (Phi) is 6.59. The van der Waals surface area contributed by atoms with E-state index in [1.165, 1.54) is 23.4 Å². The van der Waals surface area contributed by atoms with Gasteiger partial charge in [-0.25, -0.2) is 18.7 Å². The van der Waals surface area contributed by atoms with Crippen LogP contribution in [0.15, 0.2) is 34.9 Å². The van der Waals surface area contributed by atoms with Crippen molar-refractivity contribution in [1.29, 1.82) is 0 Å². The third-order valence-electron chi connectivity index (χ3n) is 4.95. The van der Waals surface area contributed by atoms with Crippen molar-refractivity contribution in [3.05, 3.63) is 41.2 Å². The van der Waals surface area contributed by atoms with Gasteiger partial charge in [0.2, 0.25) is 11.9 Å². The normalized spacial score (nSPS) is 19.5. The summed E-state index contributed by atoms with van der Waals surface area (Å²) in [4.78, 5) is 20.1. The molecule has 33 heavy (non-hydrogen) atoms. The SMILES string of the molecule is Cn1cc(SN2CCC(Nc3ncc(C(F)(F)F)c(-c4cc(C(N)=O)cs4)n3)C(F)C2)cn1. The number of aryl methyl sites for hydroxylation is 1. The molecule has 3 aromatic heterocycles. The van der Waals surface area contributed by atoms with Crippen LogP contribution in [0.4, 0.5) is 23.5 Å². The van der Waals surface area contributed by atoms with Crippen molar-refractivity contribution >= 4 is 35.1 Å². The molecule has 0 aliphatic carbocycles. The van der Waals surface area contributed by atoms with Crippen molar-refractivity contribution in [3.8, 4) is 10.6 Å². The van der Waals surface area contributed by atoms with Crippen molar-refractivity contribution < 1.29 is 22.4 Å². The van der Waals surface area contributed by atoms with E-state index >= 15 is 0 Å². The van der Waals surface area contributed by atoms with Gasteiger partial charge in [-0.3, -0.25) is 9.48 Å². The molecule has 0 saturated carbocycles. The van der Waals surface area contributed by atoms with Gasteiger partial charge in [-0.15, -0.1) is 11.3 Å². The van der Waals surface area contributed by atoms with Gasteiger partial charge in [0.1, 0.15) is 11.7 Å². The molecule has 2 atom stereocenters. The van der Waals surface area contributed by atoms with Gasteiger partial charge in [0.15, 0.2) is 0 Å². The highest BCUT2D eigenvalue weighted by atomic mass is 32.2. The summed E-state index contributed by atoms with van der Waals surface area (Å²) in [7, 11) is 1.79. The minimum Gasteiger partial charge on any atom is -0.366 e. The largest absolute Gasteiger partial charge is 0.420 e. The summed E-state index contributed by atoms with van der Waals surface area (Å²) in [5.41, 5.74) is 3.85. The van der Waals surface area contributed by atoms with Gasteiger partial charge in [-0.2, -0.15) is 18.3 Å². The molecule has 1 saturated heterocycles.